The van der Waals surface area contributed by atoms with Gasteiger partial charge in [-0.2, -0.15) is 0 Å². The molecule has 4 aromatic rings. The number of nitrogens with zero attached hydrogens (tertiary/aromatic N) is 4. The Bertz CT molecular complexity index is 1410. The number of methoxy groups -OCH3 is 3. The number of piperazine rings is 1. The van der Waals surface area contributed by atoms with Gasteiger partial charge in [0.05, 0.1) is 37.3 Å². The van der Waals surface area contributed by atoms with Crippen LogP contribution in [0, 0.1) is 6.92 Å². The normalized spacial score (nSPS) is 13.5. The van der Waals surface area contributed by atoms with E-state index in [9.17, 15) is 4.79 Å². The number of fused-ring (bicyclic) bond motifs is 1. The van der Waals surface area contributed by atoms with Gasteiger partial charge >= 0.3 is 0 Å². The highest BCUT2D eigenvalue weighted by Crippen LogP contribution is 2.37. The largest absolute Gasteiger partial charge is 0.497 e. The van der Waals surface area contributed by atoms with Gasteiger partial charge in [0.15, 0.2) is 0 Å². The van der Waals surface area contributed by atoms with Gasteiger partial charge < -0.3 is 29.3 Å². The predicted octanol–water partition coefficient (Wildman–Crippen LogP) is 4.60. The maximum absolute atomic E-state index is 13.3. The van der Waals surface area contributed by atoms with Crippen LogP contribution in [-0.2, 0) is 0 Å². The molecular weight excluding hydrogens is 490 g/mol. The lowest BCUT2D eigenvalue weighted by atomic mass is 10.1. The van der Waals surface area contributed by atoms with Crippen molar-refractivity contribution in [3.63, 3.8) is 0 Å². The van der Waals surface area contributed by atoms with Gasteiger partial charge in [-0.3, -0.25) is 4.79 Å². The van der Waals surface area contributed by atoms with Crippen LogP contribution in [0.2, 0.25) is 0 Å². The van der Waals surface area contributed by atoms with E-state index in [1.165, 1.54) is 17.0 Å². The summed E-state index contributed by atoms with van der Waals surface area (Å²) in [4.78, 5) is 28.5. The summed E-state index contributed by atoms with van der Waals surface area (Å²) in [6.07, 6.45) is 1.58. The second-order valence-electron chi connectivity index (χ2n) is 8.63. The number of carbonyl (C=O) groups excluding carboxylic acids is 1. The molecule has 10 heteroatoms. The molecular formula is C27H29N5O4S. The van der Waals surface area contributed by atoms with Gasteiger partial charge in [0.2, 0.25) is 0 Å². The predicted molar refractivity (Wildman–Crippen MR) is 147 cm³/mol. The van der Waals surface area contributed by atoms with Crippen LogP contribution in [0.15, 0.2) is 48.8 Å². The summed E-state index contributed by atoms with van der Waals surface area (Å²) in [5, 5.41) is 3.90. The Morgan fingerprint density at radius 1 is 0.892 bits per heavy atom. The van der Waals surface area contributed by atoms with E-state index in [0.29, 0.717) is 22.1 Å². The average Bonchev–Trinajstić information content (AvgIpc) is 3.29. The Balaban J connectivity index is 1.37. The van der Waals surface area contributed by atoms with E-state index in [-0.39, 0.29) is 5.91 Å². The van der Waals surface area contributed by atoms with Crippen molar-refractivity contribution in [1.29, 1.82) is 0 Å². The third-order valence-corrected chi connectivity index (χ3v) is 7.78. The zero-order valence-corrected chi connectivity index (χ0v) is 22.1. The topological polar surface area (TPSA) is 89.1 Å². The standard InChI is InChI=1S/C27H29N5O4S/c1-17-23-25(32-13-11-31(12-14-32)18-5-7-19(34-2)8-6-18)28-16-29-27(23)37-24(17)26(33)30-21-15-20(35-3)9-10-22(21)36-4/h5-10,15-16H,11-14H2,1-4H3,(H,30,33). The molecule has 9 nitrogen and oxygen atoms in total. The molecule has 1 saturated heterocycles. The number of anilines is 3. The van der Waals surface area contributed by atoms with Crippen LogP contribution in [-0.4, -0.2) is 63.4 Å². The molecule has 0 radical (unpaired) electrons. The molecule has 0 aliphatic carbocycles. The quantitative estimate of drug-likeness (QED) is 0.379. The van der Waals surface area contributed by atoms with Crippen molar-refractivity contribution in [2.45, 2.75) is 6.92 Å². The summed E-state index contributed by atoms with van der Waals surface area (Å²) < 4.78 is 16.0. The molecule has 0 saturated carbocycles. The summed E-state index contributed by atoms with van der Waals surface area (Å²) >= 11 is 1.37. The number of ether oxygens (including phenoxy) is 3. The molecule has 1 fully saturated rings. The van der Waals surface area contributed by atoms with Crippen LogP contribution < -0.4 is 29.3 Å². The van der Waals surface area contributed by atoms with Crippen LogP contribution in [0.3, 0.4) is 0 Å². The van der Waals surface area contributed by atoms with E-state index in [1.807, 2.05) is 19.1 Å². The summed E-state index contributed by atoms with van der Waals surface area (Å²) in [7, 11) is 4.83. The SMILES string of the molecule is COc1ccc(N2CCN(c3ncnc4sc(C(=O)Nc5cc(OC)ccc5OC)c(C)c34)CC2)cc1. The molecule has 192 valence electrons. The van der Waals surface area contributed by atoms with E-state index >= 15 is 0 Å². The molecule has 0 spiro atoms. The van der Waals surface area contributed by atoms with E-state index in [1.54, 1.807) is 45.9 Å². The summed E-state index contributed by atoms with van der Waals surface area (Å²) in [5.74, 6) is 2.69. The molecule has 37 heavy (non-hydrogen) atoms. The minimum Gasteiger partial charge on any atom is -0.497 e. The van der Waals surface area contributed by atoms with Gasteiger partial charge in [-0.25, -0.2) is 9.97 Å². The van der Waals surface area contributed by atoms with Crippen molar-refractivity contribution in [2.24, 2.45) is 0 Å². The average molecular weight is 520 g/mol. The lowest BCUT2D eigenvalue weighted by Gasteiger charge is -2.37. The summed E-state index contributed by atoms with van der Waals surface area (Å²) in [5.41, 5.74) is 2.59. The molecule has 1 aliphatic rings. The van der Waals surface area contributed by atoms with E-state index < -0.39 is 0 Å². The number of aromatic nitrogens is 2. The van der Waals surface area contributed by atoms with Crippen LogP contribution >= 0.6 is 11.3 Å². The van der Waals surface area contributed by atoms with Crippen molar-refractivity contribution in [1.82, 2.24) is 9.97 Å². The molecule has 1 amide bonds. The Hall–Kier alpha value is -4.05. The Labute approximate surface area is 219 Å². The first kappa shape index (κ1) is 24.6. The smallest absolute Gasteiger partial charge is 0.266 e. The van der Waals surface area contributed by atoms with E-state index in [0.717, 1.165) is 53.5 Å². The molecule has 0 atom stereocenters. The van der Waals surface area contributed by atoms with Gasteiger partial charge in [-0.1, -0.05) is 0 Å². The van der Waals surface area contributed by atoms with Crippen molar-refractivity contribution < 1.29 is 19.0 Å². The van der Waals surface area contributed by atoms with Crippen LogP contribution in [0.4, 0.5) is 17.2 Å². The molecule has 1 N–H and O–H groups in total. The Morgan fingerprint density at radius 3 is 2.24 bits per heavy atom. The first-order valence-corrected chi connectivity index (χ1v) is 12.8. The first-order chi connectivity index (χ1) is 18.0. The highest BCUT2D eigenvalue weighted by atomic mass is 32.1. The molecule has 5 rings (SSSR count). The third-order valence-electron chi connectivity index (χ3n) is 6.58. The lowest BCUT2D eigenvalue weighted by molar-refractivity contribution is 0.102. The van der Waals surface area contributed by atoms with Gasteiger partial charge in [-0.15, -0.1) is 11.3 Å². The van der Waals surface area contributed by atoms with Gasteiger partial charge in [0.25, 0.3) is 5.91 Å². The monoisotopic (exact) mass is 519 g/mol. The van der Waals surface area contributed by atoms with Crippen molar-refractivity contribution in [3.05, 3.63) is 59.2 Å². The number of benzene rings is 2. The minimum absolute atomic E-state index is 0.220. The Kier molecular flexibility index (Phi) is 7.00. The number of carbonyl (C=O) groups is 1. The van der Waals surface area contributed by atoms with Crippen molar-refractivity contribution in [2.75, 3.05) is 62.6 Å². The number of thiophene rings is 1. The zero-order valence-electron chi connectivity index (χ0n) is 21.3. The van der Waals surface area contributed by atoms with Crippen molar-refractivity contribution >= 4 is 44.7 Å². The van der Waals surface area contributed by atoms with Gasteiger partial charge in [0, 0.05) is 37.9 Å². The van der Waals surface area contributed by atoms with E-state index in [4.69, 9.17) is 14.2 Å². The second-order valence-corrected chi connectivity index (χ2v) is 9.63. The fourth-order valence-corrected chi connectivity index (χ4v) is 5.61. The fraction of sp³-hybridized carbons (Fsp3) is 0.296. The van der Waals surface area contributed by atoms with Crippen LogP contribution in [0.25, 0.3) is 10.2 Å². The summed E-state index contributed by atoms with van der Waals surface area (Å²) in [6, 6.07) is 13.4. The molecule has 1 aliphatic heterocycles. The summed E-state index contributed by atoms with van der Waals surface area (Å²) in [6.45, 7) is 5.32. The van der Waals surface area contributed by atoms with Crippen molar-refractivity contribution in [3.8, 4) is 17.2 Å². The molecule has 3 heterocycles. The number of hydrogen-bond donors (Lipinski definition) is 1. The minimum atomic E-state index is -0.220. The third kappa shape index (κ3) is 4.84. The number of nitrogens with one attached hydrogen (secondary N) is 1. The fourth-order valence-electron chi connectivity index (χ4n) is 4.57. The van der Waals surface area contributed by atoms with Crippen LogP contribution in [0.1, 0.15) is 15.2 Å². The first-order valence-electron chi connectivity index (χ1n) is 11.9. The molecule has 0 bridgehead atoms. The maximum Gasteiger partial charge on any atom is 0.266 e. The van der Waals surface area contributed by atoms with E-state index in [2.05, 4.69) is 37.2 Å². The highest BCUT2D eigenvalue weighted by molar-refractivity contribution is 7.20. The van der Waals surface area contributed by atoms with Gasteiger partial charge in [0.1, 0.15) is 34.2 Å². The number of rotatable bonds is 7. The number of hydrogen-bond acceptors (Lipinski definition) is 9. The number of aryl methyl sites for hydroxylation is 1. The molecule has 2 aromatic carbocycles. The molecule has 2 aromatic heterocycles. The maximum atomic E-state index is 13.3. The van der Waals surface area contributed by atoms with Gasteiger partial charge in [-0.05, 0) is 48.9 Å². The second kappa shape index (κ2) is 10.5. The molecule has 0 unspecified atom stereocenters. The Morgan fingerprint density at radius 2 is 1.57 bits per heavy atom. The van der Waals surface area contributed by atoms with Crippen LogP contribution in [0.5, 0.6) is 17.2 Å². The number of amides is 1. The lowest BCUT2D eigenvalue weighted by Crippen LogP contribution is -2.46. The highest BCUT2D eigenvalue weighted by Gasteiger charge is 2.25. The zero-order chi connectivity index (χ0) is 25.9.